The van der Waals surface area contributed by atoms with E-state index in [4.69, 9.17) is 0 Å². The highest BCUT2D eigenvalue weighted by Crippen LogP contribution is 2.18. The van der Waals surface area contributed by atoms with Gasteiger partial charge in [-0.3, -0.25) is 4.99 Å². The average molecular weight is 342 g/mol. The summed E-state index contributed by atoms with van der Waals surface area (Å²) in [6.45, 7) is 1.37. The number of benzene rings is 2. The van der Waals surface area contributed by atoms with Crippen molar-refractivity contribution >= 4 is 11.6 Å². The summed E-state index contributed by atoms with van der Waals surface area (Å²) in [4.78, 5) is 5.97. The van der Waals surface area contributed by atoms with Crippen LogP contribution in [0.15, 0.2) is 53.5 Å². The molecule has 0 aliphatic heterocycles. The fourth-order valence-corrected chi connectivity index (χ4v) is 2.57. The number of rotatable bonds is 7. The Kier molecular flexibility index (Phi) is 7.26. The number of guanidine groups is 1. The molecule has 4 nitrogen and oxygen atoms in total. The van der Waals surface area contributed by atoms with Gasteiger partial charge in [-0.2, -0.15) is 0 Å². The molecule has 25 heavy (non-hydrogen) atoms. The van der Waals surface area contributed by atoms with E-state index < -0.39 is 0 Å². The summed E-state index contributed by atoms with van der Waals surface area (Å²) in [6.07, 6.45) is 2.05. The Labute approximate surface area is 149 Å². The number of nitrogens with one attached hydrogen (secondary N) is 2. The maximum absolute atomic E-state index is 14.0. The Morgan fingerprint density at radius 3 is 2.44 bits per heavy atom. The van der Waals surface area contributed by atoms with Gasteiger partial charge >= 0.3 is 0 Å². The van der Waals surface area contributed by atoms with E-state index in [0.29, 0.717) is 12.2 Å². The van der Waals surface area contributed by atoms with Crippen LogP contribution in [-0.2, 0) is 13.0 Å². The van der Waals surface area contributed by atoms with Crippen molar-refractivity contribution in [2.75, 3.05) is 32.6 Å². The standard InChI is InChI=1S/C20H27FN4/c1-22-20(23-13-7-10-16-8-5-4-6-9-16)24-15-17-11-12-19(25(2)3)18(21)14-17/h4-6,8-9,11-12,14H,7,10,13,15H2,1-3H3,(H2,22,23,24). The molecule has 0 bridgehead atoms. The fraction of sp³-hybridized carbons (Fsp3) is 0.350. The summed E-state index contributed by atoms with van der Waals surface area (Å²) in [7, 11) is 5.40. The maximum atomic E-state index is 14.0. The second-order valence-corrected chi connectivity index (χ2v) is 6.12. The molecule has 2 N–H and O–H groups in total. The van der Waals surface area contributed by atoms with E-state index in [9.17, 15) is 4.39 Å². The molecule has 0 atom stereocenters. The highest BCUT2D eigenvalue weighted by Gasteiger charge is 2.06. The van der Waals surface area contributed by atoms with E-state index in [-0.39, 0.29) is 5.82 Å². The molecule has 0 radical (unpaired) electrons. The van der Waals surface area contributed by atoms with Crippen molar-refractivity contribution in [2.45, 2.75) is 19.4 Å². The fourth-order valence-electron chi connectivity index (χ4n) is 2.57. The molecule has 0 spiro atoms. The van der Waals surface area contributed by atoms with Crippen LogP contribution in [0.1, 0.15) is 17.5 Å². The normalized spacial score (nSPS) is 11.3. The monoisotopic (exact) mass is 342 g/mol. The first-order valence-electron chi connectivity index (χ1n) is 8.54. The van der Waals surface area contributed by atoms with Gasteiger partial charge in [-0.25, -0.2) is 4.39 Å². The Morgan fingerprint density at radius 2 is 1.80 bits per heavy atom. The van der Waals surface area contributed by atoms with Gasteiger partial charge < -0.3 is 15.5 Å². The van der Waals surface area contributed by atoms with Gasteiger partial charge in [0.25, 0.3) is 0 Å². The third-order valence-corrected chi connectivity index (χ3v) is 3.95. The number of aliphatic imine (C=N–C) groups is 1. The summed E-state index contributed by atoms with van der Waals surface area (Å²) in [5, 5.41) is 6.51. The number of halogens is 1. The quantitative estimate of drug-likeness (QED) is 0.461. The smallest absolute Gasteiger partial charge is 0.191 e. The zero-order valence-electron chi connectivity index (χ0n) is 15.2. The molecule has 0 aromatic heterocycles. The SMILES string of the molecule is CN=C(NCCCc1ccccc1)NCc1ccc(N(C)C)c(F)c1. The number of aryl methyl sites for hydroxylation is 1. The molecule has 0 unspecified atom stereocenters. The Morgan fingerprint density at radius 1 is 1.04 bits per heavy atom. The molecule has 0 amide bonds. The Bertz CT molecular complexity index is 683. The highest BCUT2D eigenvalue weighted by molar-refractivity contribution is 5.79. The van der Waals surface area contributed by atoms with Crippen LogP contribution in [0.25, 0.3) is 0 Å². The third-order valence-electron chi connectivity index (χ3n) is 3.95. The van der Waals surface area contributed by atoms with Crippen LogP contribution in [0, 0.1) is 5.82 Å². The van der Waals surface area contributed by atoms with Gasteiger partial charge in [-0.1, -0.05) is 36.4 Å². The van der Waals surface area contributed by atoms with Crippen LogP contribution in [-0.4, -0.2) is 33.6 Å². The third kappa shape index (κ3) is 6.10. The number of nitrogens with zero attached hydrogens (tertiary/aromatic N) is 2. The minimum absolute atomic E-state index is 0.213. The number of anilines is 1. The van der Waals surface area contributed by atoms with E-state index in [2.05, 4.69) is 39.9 Å². The van der Waals surface area contributed by atoms with Crippen LogP contribution < -0.4 is 15.5 Å². The molecule has 0 saturated carbocycles. The van der Waals surface area contributed by atoms with Gasteiger partial charge in [0, 0.05) is 34.2 Å². The van der Waals surface area contributed by atoms with Gasteiger partial charge in [0.15, 0.2) is 5.96 Å². The minimum atomic E-state index is -0.213. The molecule has 2 aromatic rings. The van der Waals surface area contributed by atoms with Crippen molar-refractivity contribution < 1.29 is 4.39 Å². The maximum Gasteiger partial charge on any atom is 0.191 e. The number of hydrogen-bond donors (Lipinski definition) is 2. The zero-order chi connectivity index (χ0) is 18.1. The second-order valence-electron chi connectivity index (χ2n) is 6.12. The topological polar surface area (TPSA) is 39.7 Å². The summed E-state index contributed by atoms with van der Waals surface area (Å²) < 4.78 is 14.0. The summed E-state index contributed by atoms with van der Waals surface area (Å²) in [5.41, 5.74) is 2.81. The summed E-state index contributed by atoms with van der Waals surface area (Å²) >= 11 is 0. The Balaban J connectivity index is 1.75. The van der Waals surface area contributed by atoms with E-state index in [0.717, 1.165) is 30.9 Å². The van der Waals surface area contributed by atoms with E-state index in [1.807, 2.05) is 26.2 Å². The molecular weight excluding hydrogens is 315 g/mol. The second kappa shape index (κ2) is 9.67. The van der Waals surface area contributed by atoms with Crippen LogP contribution >= 0.6 is 0 Å². The van der Waals surface area contributed by atoms with E-state index in [1.165, 1.54) is 5.56 Å². The predicted octanol–water partition coefficient (Wildman–Crippen LogP) is 3.19. The van der Waals surface area contributed by atoms with Crippen molar-refractivity contribution in [3.8, 4) is 0 Å². The first-order chi connectivity index (χ1) is 12.1. The van der Waals surface area contributed by atoms with Crippen LogP contribution in [0.4, 0.5) is 10.1 Å². The van der Waals surface area contributed by atoms with Gasteiger partial charge in [-0.05, 0) is 36.1 Å². The summed E-state index contributed by atoms with van der Waals surface area (Å²) in [6, 6.07) is 15.7. The van der Waals surface area contributed by atoms with Gasteiger partial charge in [-0.15, -0.1) is 0 Å². The number of hydrogen-bond acceptors (Lipinski definition) is 2. The van der Waals surface area contributed by atoms with Crippen LogP contribution in [0.5, 0.6) is 0 Å². The largest absolute Gasteiger partial charge is 0.375 e. The van der Waals surface area contributed by atoms with Crippen LogP contribution in [0.2, 0.25) is 0 Å². The van der Waals surface area contributed by atoms with Gasteiger partial charge in [0.1, 0.15) is 5.82 Å². The molecule has 2 aromatic carbocycles. The lowest BCUT2D eigenvalue weighted by Gasteiger charge is -2.15. The highest BCUT2D eigenvalue weighted by atomic mass is 19.1. The molecule has 134 valence electrons. The lowest BCUT2D eigenvalue weighted by Crippen LogP contribution is -2.37. The minimum Gasteiger partial charge on any atom is -0.375 e. The van der Waals surface area contributed by atoms with Crippen molar-refractivity contribution in [2.24, 2.45) is 4.99 Å². The first kappa shape index (κ1) is 18.8. The van der Waals surface area contributed by atoms with Gasteiger partial charge in [0.05, 0.1) is 5.69 Å². The van der Waals surface area contributed by atoms with Crippen molar-refractivity contribution in [1.29, 1.82) is 0 Å². The van der Waals surface area contributed by atoms with E-state index in [1.54, 1.807) is 24.1 Å². The van der Waals surface area contributed by atoms with E-state index >= 15 is 0 Å². The average Bonchev–Trinajstić information content (AvgIpc) is 2.61. The molecular formula is C20H27FN4. The molecule has 0 heterocycles. The van der Waals surface area contributed by atoms with Crippen molar-refractivity contribution in [3.63, 3.8) is 0 Å². The molecule has 0 aliphatic rings. The lowest BCUT2D eigenvalue weighted by atomic mass is 10.1. The van der Waals surface area contributed by atoms with Gasteiger partial charge in [0.2, 0.25) is 0 Å². The molecule has 0 aliphatic carbocycles. The molecule has 2 rings (SSSR count). The predicted molar refractivity (Wildman–Crippen MR) is 104 cm³/mol. The molecule has 0 fully saturated rings. The summed E-state index contributed by atoms with van der Waals surface area (Å²) in [5.74, 6) is 0.514. The van der Waals surface area contributed by atoms with Crippen molar-refractivity contribution in [3.05, 3.63) is 65.5 Å². The zero-order valence-corrected chi connectivity index (χ0v) is 15.2. The van der Waals surface area contributed by atoms with Crippen molar-refractivity contribution in [1.82, 2.24) is 10.6 Å². The Hall–Kier alpha value is -2.56. The lowest BCUT2D eigenvalue weighted by molar-refractivity contribution is 0.623. The molecule has 5 heteroatoms. The van der Waals surface area contributed by atoms with Crippen LogP contribution in [0.3, 0.4) is 0 Å². The first-order valence-corrected chi connectivity index (χ1v) is 8.54. The molecule has 0 saturated heterocycles.